The Bertz CT molecular complexity index is 1690. The van der Waals surface area contributed by atoms with E-state index in [1.54, 1.807) is 75.4 Å². The molecule has 3 aromatic carbocycles. The topological polar surface area (TPSA) is 141 Å². The van der Waals surface area contributed by atoms with Gasteiger partial charge in [0.25, 0.3) is 5.91 Å². The number of hydrogen-bond donors (Lipinski definition) is 3. The molecule has 3 N–H and O–H groups in total. The molecule has 3 aromatic rings. The summed E-state index contributed by atoms with van der Waals surface area (Å²) in [5.74, 6) is 0.956. The standard InChI is InChI=1S/C37H42N4O7/c1-24(42)41(45)34(38)27-13-17-30(18-14-27)47-32-21-28(35(43)40-19-7-9-26-8-5-6-10-33(26)40)20-31(22-32)46-29-15-11-25(12-16-29)23-39-36(44)48-37(2,3)4/h10-18,20-22,26,38,45H,5-9,19,23H2,1-4H3,(H,39,44). The van der Waals surface area contributed by atoms with E-state index < -0.39 is 17.6 Å². The van der Waals surface area contributed by atoms with Gasteiger partial charge in [-0.15, -0.1) is 0 Å². The van der Waals surface area contributed by atoms with E-state index >= 15 is 0 Å². The minimum atomic E-state index is -0.675. The van der Waals surface area contributed by atoms with Crippen molar-refractivity contribution in [3.63, 3.8) is 0 Å². The zero-order valence-electron chi connectivity index (χ0n) is 27.7. The maximum atomic E-state index is 14.0. The van der Waals surface area contributed by atoms with Gasteiger partial charge in [0.1, 0.15) is 28.6 Å². The molecule has 1 aliphatic carbocycles. The van der Waals surface area contributed by atoms with E-state index in [2.05, 4.69) is 11.4 Å². The molecule has 2 aliphatic rings. The van der Waals surface area contributed by atoms with E-state index in [0.29, 0.717) is 46.6 Å². The van der Waals surface area contributed by atoms with Gasteiger partial charge in [0.2, 0.25) is 5.91 Å². The van der Waals surface area contributed by atoms with Crippen LogP contribution >= 0.6 is 0 Å². The minimum Gasteiger partial charge on any atom is -0.457 e. The molecule has 0 radical (unpaired) electrons. The number of hydroxylamine groups is 2. The lowest BCUT2D eigenvalue weighted by Gasteiger charge is -2.38. The number of carbonyl (C=O) groups is 3. The van der Waals surface area contributed by atoms with Crippen LogP contribution in [0, 0.1) is 11.3 Å². The molecule has 11 heteroatoms. The first-order valence-electron chi connectivity index (χ1n) is 16.1. The predicted molar refractivity (Wildman–Crippen MR) is 179 cm³/mol. The normalized spacial score (nSPS) is 15.8. The number of amidine groups is 1. The fourth-order valence-corrected chi connectivity index (χ4v) is 5.76. The van der Waals surface area contributed by atoms with Crippen LogP contribution in [0.15, 0.2) is 78.5 Å². The number of piperidine rings is 1. The third kappa shape index (κ3) is 8.80. The molecule has 1 saturated heterocycles. The molecule has 0 spiro atoms. The summed E-state index contributed by atoms with van der Waals surface area (Å²) < 4.78 is 17.7. The molecule has 1 aliphatic heterocycles. The number of benzene rings is 3. The first-order valence-corrected chi connectivity index (χ1v) is 16.1. The van der Waals surface area contributed by atoms with Crippen LogP contribution in [-0.2, 0) is 16.1 Å². The predicted octanol–water partition coefficient (Wildman–Crippen LogP) is 7.78. The highest BCUT2D eigenvalue weighted by Crippen LogP contribution is 2.37. The van der Waals surface area contributed by atoms with Crippen LogP contribution in [-0.4, -0.2) is 51.1 Å². The van der Waals surface area contributed by atoms with Crippen LogP contribution in [0.5, 0.6) is 23.0 Å². The van der Waals surface area contributed by atoms with Crippen molar-refractivity contribution >= 4 is 23.7 Å². The number of allylic oxidation sites excluding steroid dienone is 2. The number of alkyl carbamates (subject to hydrolysis) is 1. The Morgan fingerprint density at radius 3 is 2.10 bits per heavy atom. The van der Waals surface area contributed by atoms with E-state index in [0.717, 1.165) is 50.3 Å². The molecule has 3 amide bonds. The zero-order valence-corrected chi connectivity index (χ0v) is 27.7. The molecule has 1 atom stereocenters. The number of rotatable bonds is 8. The van der Waals surface area contributed by atoms with Crippen LogP contribution < -0.4 is 14.8 Å². The van der Waals surface area contributed by atoms with Crippen molar-refractivity contribution < 1.29 is 33.8 Å². The molecule has 252 valence electrons. The summed E-state index contributed by atoms with van der Waals surface area (Å²) in [4.78, 5) is 39.4. The number of nitrogens with one attached hydrogen (secondary N) is 2. The molecule has 0 saturated carbocycles. The average Bonchev–Trinajstić information content (AvgIpc) is 3.06. The number of carbonyl (C=O) groups excluding carboxylic acids is 3. The number of hydrogen-bond acceptors (Lipinski definition) is 8. The van der Waals surface area contributed by atoms with Gasteiger partial charge in [0.05, 0.1) is 0 Å². The Balaban J connectivity index is 1.37. The first kappa shape index (κ1) is 34.2. The van der Waals surface area contributed by atoms with Crippen molar-refractivity contribution in [2.24, 2.45) is 5.92 Å². The summed E-state index contributed by atoms with van der Waals surface area (Å²) in [5.41, 5.74) is 2.10. The van der Waals surface area contributed by atoms with Crippen molar-refractivity contribution in [1.29, 1.82) is 5.41 Å². The van der Waals surface area contributed by atoms with Crippen molar-refractivity contribution in [2.45, 2.75) is 71.9 Å². The van der Waals surface area contributed by atoms with Crippen LogP contribution in [0.4, 0.5) is 4.79 Å². The lowest BCUT2D eigenvalue weighted by Crippen LogP contribution is -2.39. The Labute approximate surface area is 280 Å². The van der Waals surface area contributed by atoms with Gasteiger partial charge in [-0.2, -0.15) is 5.06 Å². The van der Waals surface area contributed by atoms with Gasteiger partial charge in [-0.25, -0.2) is 4.79 Å². The van der Waals surface area contributed by atoms with Gasteiger partial charge in [0.15, 0.2) is 5.84 Å². The summed E-state index contributed by atoms with van der Waals surface area (Å²) in [6.07, 6.45) is 6.91. The van der Waals surface area contributed by atoms with Crippen molar-refractivity contribution in [3.8, 4) is 23.0 Å². The smallest absolute Gasteiger partial charge is 0.407 e. The van der Waals surface area contributed by atoms with Gasteiger partial charge in [-0.1, -0.05) is 18.2 Å². The second kappa shape index (κ2) is 14.7. The fraction of sp³-hybridized carbons (Fsp3) is 0.351. The van der Waals surface area contributed by atoms with Crippen molar-refractivity contribution in [2.75, 3.05) is 6.54 Å². The van der Waals surface area contributed by atoms with E-state index in [-0.39, 0.29) is 23.4 Å². The highest BCUT2D eigenvalue weighted by Gasteiger charge is 2.31. The Morgan fingerprint density at radius 1 is 0.896 bits per heavy atom. The summed E-state index contributed by atoms with van der Waals surface area (Å²) >= 11 is 0. The molecule has 1 heterocycles. The van der Waals surface area contributed by atoms with Crippen LogP contribution in [0.2, 0.25) is 0 Å². The fourth-order valence-electron chi connectivity index (χ4n) is 5.76. The third-order valence-corrected chi connectivity index (χ3v) is 8.01. The monoisotopic (exact) mass is 654 g/mol. The molecule has 5 rings (SSSR count). The van der Waals surface area contributed by atoms with Crippen molar-refractivity contribution in [3.05, 3.63) is 95.2 Å². The molecule has 11 nitrogen and oxygen atoms in total. The average molecular weight is 655 g/mol. The van der Waals surface area contributed by atoms with Crippen LogP contribution in [0.25, 0.3) is 0 Å². The number of fused-ring (bicyclic) bond motifs is 1. The number of amides is 3. The lowest BCUT2D eigenvalue weighted by atomic mass is 9.84. The minimum absolute atomic E-state index is 0.122. The molecule has 1 unspecified atom stereocenters. The van der Waals surface area contributed by atoms with E-state index in [9.17, 15) is 19.6 Å². The summed E-state index contributed by atoms with van der Waals surface area (Å²) in [7, 11) is 0. The highest BCUT2D eigenvalue weighted by atomic mass is 16.6. The first-order chi connectivity index (χ1) is 22.9. The highest BCUT2D eigenvalue weighted by molar-refractivity contribution is 6.04. The second-order valence-electron chi connectivity index (χ2n) is 13.0. The largest absolute Gasteiger partial charge is 0.457 e. The molecule has 48 heavy (non-hydrogen) atoms. The van der Waals surface area contributed by atoms with Gasteiger partial charge in [-0.3, -0.25) is 20.2 Å². The quantitative estimate of drug-likeness (QED) is 0.0975. The molecule has 0 bridgehead atoms. The SMILES string of the molecule is CC(=O)N(O)C(=N)c1ccc(Oc2cc(Oc3ccc(CNC(=O)OC(C)(C)C)cc3)cc(C(=O)N3CCCC4CCCC=C43)c2)cc1. The van der Waals surface area contributed by atoms with Gasteiger partial charge < -0.3 is 24.4 Å². The number of likely N-dealkylation sites (tertiary alicyclic amines) is 1. The van der Waals surface area contributed by atoms with Crippen LogP contribution in [0.1, 0.15) is 81.3 Å². The van der Waals surface area contributed by atoms with E-state index in [4.69, 9.17) is 19.6 Å². The van der Waals surface area contributed by atoms with Gasteiger partial charge >= 0.3 is 6.09 Å². The Kier molecular flexibility index (Phi) is 10.5. The van der Waals surface area contributed by atoms with Gasteiger partial charge in [-0.05, 0) is 113 Å². The molecular formula is C37H42N4O7. The second-order valence-corrected chi connectivity index (χ2v) is 13.0. The summed E-state index contributed by atoms with van der Waals surface area (Å²) in [5, 5.41) is 20.9. The zero-order chi connectivity index (χ0) is 34.4. The van der Waals surface area contributed by atoms with Crippen LogP contribution in [0.3, 0.4) is 0 Å². The van der Waals surface area contributed by atoms with E-state index in [1.165, 1.54) is 0 Å². The van der Waals surface area contributed by atoms with E-state index in [1.807, 2.05) is 17.0 Å². The van der Waals surface area contributed by atoms with Gasteiger partial charge in [0, 0.05) is 42.9 Å². The molecule has 0 aromatic heterocycles. The number of ether oxygens (including phenoxy) is 3. The molecular weight excluding hydrogens is 612 g/mol. The molecule has 1 fully saturated rings. The number of nitrogens with zero attached hydrogens (tertiary/aromatic N) is 2. The lowest BCUT2D eigenvalue weighted by molar-refractivity contribution is -0.146. The van der Waals surface area contributed by atoms with Crippen molar-refractivity contribution in [1.82, 2.24) is 15.3 Å². The Hall–Kier alpha value is -5.16. The maximum Gasteiger partial charge on any atom is 0.407 e. The summed E-state index contributed by atoms with van der Waals surface area (Å²) in [6.45, 7) is 7.51. The third-order valence-electron chi connectivity index (χ3n) is 8.01. The summed E-state index contributed by atoms with van der Waals surface area (Å²) in [6, 6.07) is 18.6. The maximum absolute atomic E-state index is 14.0. The Morgan fingerprint density at radius 2 is 1.50 bits per heavy atom.